The average molecular weight is 586 g/mol. The molecule has 0 amide bonds. The van der Waals surface area contributed by atoms with E-state index in [1.54, 1.807) is 0 Å². The monoisotopic (exact) mass is 585 g/mol. The van der Waals surface area contributed by atoms with Crippen molar-refractivity contribution in [2.24, 2.45) is 0 Å². The zero-order chi connectivity index (χ0) is 30.6. The van der Waals surface area contributed by atoms with Crippen LogP contribution in [0.5, 0.6) is 0 Å². The first-order valence-electron chi connectivity index (χ1n) is 15.5. The number of benzene rings is 7. The summed E-state index contributed by atoms with van der Waals surface area (Å²) in [6.45, 7) is 0. The normalized spacial score (nSPS) is 11.5. The van der Waals surface area contributed by atoms with Crippen LogP contribution in [0.25, 0.3) is 77.2 Å². The van der Waals surface area contributed by atoms with Gasteiger partial charge in [0, 0.05) is 32.8 Å². The first kappa shape index (κ1) is 26.1. The molecule has 0 radical (unpaired) electrons. The topological polar surface area (TPSA) is 33.6 Å². The highest BCUT2D eigenvalue weighted by molar-refractivity contribution is 6.10. The van der Waals surface area contributed by atoms with Gasteiger partial charge in [0.1, 0.15) is 0 Å². The predicted molar refractivity (Wildman–Crippen MR) is 191 cm³/mol. The van der Waals surface area contributed by atoms with Crippen molar-refractivity contribution >= 4 is 43.6 Å². The summed E-state index contributed by atoms with van der Waals surface area (Å²) >= 11 is 0. The molecule has 0 saturated carbocycles. The van der Waals surface area contributed by atoms with Gasteiger partial charge in [-0.25, -0.2) is 0 Å². The number of rotatable bonds is 4. The van der Waals surface area contributed by atoms with Crippen LogP contribution in [0.4, 0.5) is 0 Å². The molecule has 0 N–H and O–H groups in total. The summed E-state index contributed by atoms with van der Waals surface area (Å²) in [6.07, 6.45) is 0. The first-order valence-corrected chi connectivity index (χ1v) is 15.5. The van der Waals surface area contributed by atoms with Crippen molar-refractivity contribution in [2.75, 3.05) is 0 Å². The largest absolute Gasteiger partial charge is 0.309 e. The smallest absolute Gasteiger partial charge is 0.0998 e. The Balaban J connectivity index is 1.19. The maximum absolute atomic E-state index is 10.5. The first-order chi connectivity index (χ1) is 22.8. The van der Waals surface area contributed by atoms with Gasteiger partial charge in [-0.15, -0.1) is 0 Å². The van der Waals surface area contributed by atoms with Crippen molar-refractivity contribution in [3.05, 3.63) is 169 Å². The predicted octanol–water partition coefficient (Wildman–Crippen LogP) is 11.1. The molecule has 7 aromatic carbocycles. The number of aromatic nitrogens is 2. The van der Waals surface area contributed by atoms with E-state index in [0.29, 0.717) is 5.56 Å². The van der Waals surface area contributed by atoms with Crippen molar-refractivity contribution in [3.8, 4) is 39.7 Å². The summed E-state index contributed by atoms with van der Waals surface area (Å²) in [5.74, 6) is 0. The maximum Gasteiger partial charge on any atom is 0.0998 e. The Hall–Kier alpha value is -6.37. The third kappa shape index (κ3) is 3.91. The van der Waals surface area contributed by atoms with Crippen molar-refractivity contribution in [2.45, 2.75) is 0 Å². The van der Waals surface area contributed by atoms with Crippen molar-refractivity contribution in [3.63, 3.8) is 0 Å². The summed E-state index contributed by atoms with van der Waals surface area (Å²) in [7, 11) is 0. The minimum absolute atomic E-state index is 0.647. The molecule has 0 unspecified atom stereocenters. The zero-order valence-corrected chi connectivity index (χ0v) is 24.9. The van der Waals surface area contributed by atoms with E-state index >= 15 is 0 Å². The van der Waals surface area contributed by atoms with Crippen LogP contribution in [0, 0.1) is 11.3 Å². The number of fused-ring (bicyclic) bond motifs is 6. The molecule has 214 valence electrons. The lowest BCUT2D eigenvalue weighted by Gasteiger charge is -2.15. The van der Waals surface area contributed by atoms with Gasteiger partial charge in [0.2, 0.25) is 0 Å². The van der Waals surface area contributed by atoms with Crippen LogP contribution < -0.4 is 0 Å². The molecular formula is C43H27N3. The molecule has 3 nitrogen and oxygen atoms in total. The summed E-state index contributed by atoms with van der Waals surface area (Å²) < 4.78 is 4.66. The molecule has 0 bridgehead atoms. The Kier molecular flexibility index (Phi) is 5.88. The second kappa shape index (κ2) is 10.4. The average Bonchev–Trinajstić information content (AvgIpc) is 3.64. The van der Waals surface area contributed by atoms with Gasteiger partial charge >= 0.3 is 0 Å². The zero-order valence-electron chi connectivity index (χ0n) is 24.9. The summed E-state index contributed by atoms with van der Waals surface area (Å²) in [4.78, 5) is 0. The lowest BCUT2D eigenvalue weighted by Crippen LogP contribution is -1.98. The molecule has 0 spiro atoms. The molecule has 0 fully saturated rings. The van der Waals surface area contributed by atoms with Crippen LogP contribution in [0.3, 0.4) is 0 Å². The highest BCUT2D eigenvalue weighted by Crippen LogP contribution is 2.38. The molecular weight excluding hydrogens is 558 g/mol. The Morgan fingerprint density at radius 3 is 1.48 bits per heavy atom. The fraction of sp³-hybridized carbons (Fsp3) is 0. The minimum atomic E-state index is 0.647. The van der Waals surface area contributed by atoms with E-state index in [2.05, 4.69) is 173 Å². The summed E-state index contributed by atoms with van der Waals surface area (Å²) in [5.41, 5.74) is 11.5. The van der Waals surface area contributed by atoms with Crippen LogP contribution in [0.1, 0.15) is 5.56 Å². The number of nitriles is 1. The van der Waals surface area contributed by atoms with E-state index in [0.717, 1.165) is 44.7 Å². The summed E-state index contributed by atoms with van der Waals surface area (Å²) in [5, 5.41) is 15.4. The minimum Gasteiger partial charge on any atom is -0.309 e. The lowest BCUT2D eigenvalue weighted by atomic mass is 9.94. The Morgan fingerprint density at radius 2 is 0.891 bits per heavy atom. The number of para-hydroxylation sites is 5. The summed E-state index contributed by atoms with van der Waals surface area (Å²) in [6, 6.07) is 60.0. The number of hydrogen-bond acceptors (Lipinski definition) is 1. The molecule has 0 aliphatic heterocycles. The van der Waals surface area contributed by atoms with Gasteiger partial charge in [0.25, 0.3) is 0 Å². The highest BCUT2D eigenvalue weighted by Gasteiger charge is 2.17. The molecule has 3 heteroatoms. The quantitative estimate of drug-likeness (QED) is 0.202. The molecule has 0 saturated heterocycles. The van der Waals surface area contributed by atoms with Crippen LogP contribution >= 0.6 is 0 Å². The number of nitrogens with zero attached hydrogens (tertiary/aromatic N) is 3. The Morgan fingerprint density at radius 1 is 0.391 bits per heavy atom. The van der Waals surface area contributed by atoms with E-state index in [-0.39, 0.29) is 0 Å². The Labute approximate surface area is 266 Å². The van der Waals surface area contributed by atoms with E-state index in [1.807, 2.05) is 6.07 Å². The third-order valence-electron chi connectivity index (χ3n) is 9.17. The standard InChI is InChI=1S/C43H27N3/c44-28-31-26-30(34-14-1-6-19-39(34)46-42-22-9-4-17-37(42)38-18-5-10-23-43(38)46)24-25-33(31)29-12-11-13-32(27-29)45-40-20-7-2-15-35(40)36-16-3-8-21-41(36)45/h1-27H. The lowest BCUT2D eigenvalue weighted by molar-refractivity contribution is 1.18. The van der Waals surface area contributed by atoms with E-state index in [1.165, 1.54) is 32.6 Å². The molecule has 46 heavy (non-hydrogen) atoms. The van der Waals surface area contributed by atoms with Crippen molar-refractivity contribution in [1.82, 2.24) is 9.13 Å². The Bertz CT molecular complexity index is 2560. The van der Waals surface area contributed by atoms with Crippen molar-refractivity contribution < 1.29 is 0 Å². The van der Waals surface area contributed by atoms with Gasteiger partial charge in [-0.3, -0.25) is 0 Å². The van der Waals surface area contributed by atoms with Gasteiger partial charge in [0.05, 0.1) is 39.4 Å². The molecule has 0 aliphatic carbocycles. The van der Waals surface area contributed by atoms with Gasteiger partial charge in [-0.05, 0) is 65.2 Å². The molecule has 2 aromatic heterocycles. The van der Waals surface area contributed by atoms with Crippen LogP contribution in [0.2, 0.25) is 0 Å². The molecule has 0 atom stereocenters. The van der Waals surface area contributed by atoms with Gasteiger partial charge in [-0.2, -0.15) is 5.26 Å². The maximum atomic E-state index is 10.5. The third-order valence-corrected chi connectivity index (χ3v) is 9.17. The molecule has 0 aliphatic rings. The molecule has 9 aromatic rings. The van der Waals surface area contributed by atoms with Crippen molar-refractivity contribution in [1.29, 1.82) is 5.26 Å². The highest BCUT2D eigenvalue weighted by atomic mass is 15.0. The second-order valence-corrected chi connectivity index (χ2v) is 11.7. The molecule has 9 rings (SSSR count). The number of hydrogen-bond donors (Lipinski definition) is 0. The van der Waals surface area contributed by atoms with E-state index in [9.17, 15) is 5.26 Å². The molecule has 2 heterocycles. The SMILES string of the molecule is N#Cc1cc(-c2ccccc2-n2c3ccccc3c3ccccc32)ccc1-c1cccc(-n2c3ccccc3c3ccccc32)c1. The van der Waals surface area contributed by atoms with Crippen LogP contribution in [-0.4, -0.2) is 9.13 Å². The van der Waals surface area contributed by atoms with Gasteiger partial charge in [0.15, 0.2) is 0 Å². The fourth-order valence-electron chi connectivity index (χ4n) is 7.16. The second-order valence-electron chi connectivity index (χ2n) is 11.7. The fourth-order valence-corrected chi connectivity index (χ4v) is 7.16. The van der Waals surface area contributed by atoms with Crippen LogP contribution in [0.15, 0.2) is 164 Å². The van der Waals surface area contributed by atoms with Gasteiger partial charge in [-0.1, -0.05) is 115 Å². The van der Waals surface area contributed by atoms with Crippen LogP contribution in [-0.2, 0) is 0 Å². The van der Waals surface area contributed by atoms with Gasteiger partial charge < -0.3 is 9.13 Å². The van der Waals surface area contributed by atoms with E-state index < -0.39 is 0 Å². The van der Waals surface area contributed by atoms with E-state index in [4.69, 9.17) is 0 Å².